The average Bonchev–Trinajstić information content (AvgIpc) is 2.77. The van der Waals surface area contributed by atoms with E-state index in [0.717, 1.165) is 18.4 Å². The van der Waals surface area contributed by atoms with Gasteiger partial charge in [0.25, 0.3) is 5.91 Å². The van der Waals surface area contributed by atoms with Crippen LogP contribution in [-0.4, -0.2) is 50.1 Å². The number of benzene rings is 2. The topological polar surface area (TPSA) is 67.9 Å². The normalized spacial score (nSPS) is 14.3. The van der Waals surface area contributed by atoms with Gasteiger partial charge in [-0.2, -0.15) is 0 Å². The van der Waals surface area contributed by atoms with Crippen LogP contribution in [-0.2, 0) is 11.2 Å². The first kappa shape index (κ1) is 22.0. The molecule has 30 heavy (non-hydrogen) atoms. The van der Waals surface area contributed by atoms with Crippen molar-refractivity contribution < 1.29 is 19.1 Å². The lowest BCUT2D eigenvalue weighted by Gasteiger charge is -2.32. The Bertz CT molecular complexity index is 895. The minimum Gasteiger partial charge on any atom is -0.493 e. The van der Waals surface area contributed by atoms with E-state index < -0.39 is 0 Å². The van der Waals surface area contributed by atoms with Crippen LogP contribution in [0.15, 0.2) is 42.5 Å². The molecule has 0 atom stereocenters. The lowest BCUT2D eigenvalue weighted by molar-refractivity contribution is -0.132. The van der Waals surface area contributed by atoms with E-state index in [-0.39, 0.29) is 17.9 Å². The van der Waals surface area contributed by atoms with E-state index in [4.69, 9.17) is 21.1 Å². The van der Waals surface area contributed by atoms with Crippen molar-refractivity contribution in [3.8, 4) is 11.5 Å². The minimum absolute atomic E-state index is 0.0615. The summed E-state index contributed by atoms with van der Waals surface area (Å²) in [5, 5.41) is 3.58. The number of methoxy groups -OCH3 is 2. The van der Waals surface area contributed by atoms with Crippen molar-refractivity contribution in [2.24, 2.45) is 0 Å². The molecule has 7 heteroatoms. The lowest BCUT2D eigenvalue weighted by Crippen LogP contribution is -2.46. The van der Waals surface area contributed by atoms with Crippen molar-refractivity contribution in [1.29, 1.82) is 0 Å². The number of likely N-dealkylation sites (tertiary alicyclic amines) is 1. The third-order valence-corrected chi connectivity index (χ3v) is 5.58. The molecule has 160 valence electrons. The van der Waals surface area contributed by atoms with E-state index in [9.17, 15) is 9.59 Å². The highest BCUT2D eigenvalue weighted by Gasteiger charge is 2.24. The number of nitrogens with one attached hydrogen (secondary N) is 1. The number of hydrogen-bond acceptors (Lipinski definition) is 4. The van der Waals surface area contributed by atoms with Crippen molar-refractivity contribution in [3.05, 3.63) is 58.6 Å². The number of piperidine rings is 1. The maximum absolute atomic E-state index is 12.6. The van der Waals surface area contributed by atoms with Crippen molar-refractivity contribution in [2.75, 3.05) is 27.3 Å². The molecule has 0 unspecified atom stereocenters. The van der Waals surface area contributed by atoms with Crippen molar-refractivity contribution in [2.45, 2.75) is 31.7 Å². The molecule has 1 aliphatic heterocycles. The van der Waals surface area contributed by atoms with Crippen LogP contribution in [0.5, 0.6) is 11.5 Å². The number of aryl methyl sites for hydroxylation is 1. The molecule has 2 aromatic carbocycles. The largest absolute Gasteiger partial charge is 0.493 e. The zero-order valence-corrected chi connectivity index (χ0v) is 18.1. The summed E-state index contributed by atoms with van der Waals surface area (Å²) >= 11 is 5.95. The highest BCUT2D eigenvalue weighted by atomic mass is 35.5. The summed E-state index contributed by atoms with van der Waals surface area (Å²) in [6.07, 6.45) is 2.57. The van der Waals surface area contributed by atoms with Gasteiger partial charge in [0.1, 0.15) is 0 Å². The van der Waals surface area contributed by atoms with Crippen LogP contribution < -0.4 is 14.8 Å². The van der Waals surface area contributed by atoms with Gasteiger partial charge in [0.2, 0.25) is 5.91 Å². The molecular weight excluding hydrogens is 404 g/mol. The summed E-state index contributed by atoms with van der Waals surface area (Å²) in [5.74, 6) is 1.34. The molecule has 0 aliphatic carbocycles. The number of carbonyl (C=O) groups is 2. The Kier molecular flexibility index (Phi) is 7.57. The molecule has 1 fully saturated rings. The Balaban J connectivity index is 1.45. The fraction of sp³-hybridized carbons (Fsp3) is 0.391. The molecule has 3 rings (SSSR count). The second kappa shape index (κ2) is 10.3. The summed E-state index contributed by atoms with van der Waals surface area (Å²) in [6, 6.07) is 12.7. The molecule has 6 nitrogen and oxygen atoms in total. The Morgan fingerprint density at radius 1 is 1.07 bits per heavy atom. The Morgan fingerprint density at radius 3 is 2.47 bits per heavy atom. The lowest BCUT2D eigenvalue weighted by atomic mass is 10.0. The van der Waals surface area contributed by atoms with Gasteiger partial charge in [0.15, 0.2) is 11.5 Å². The van der Waals surface area contributed by atoms with Crippen LogP contribution in [0.25, 0.3) is 0 Å². The molecular formula is C23H27ClN2O4. The number of nitrogens with zero attached hydrogens (tertiary/aromatic N) is 1. The molecule has 2 amide bonds. The third-order valence-electron chi connectivity index (χ3n) is 5.35. The number of halogens is 1. The Hall–Kier alpha value is -2.73. The molecule has 0 saturated carbocycles. The molecule has 1 saturated heterocycles. The van der Waals surface area contributed by atoms with Gasteiger partial charge < -0.3 is 19.7 Å². The maximum Gasteiger partial charge on any atom is 0.251 e. The molecule has 1 N–H and O–H groups in total. The highest BCUT2D eigenvalue weighted by Crippen LogP contribution is 2.28. The first-order valence-corrected chi connectivity index (χ1v) is 10.4. The summed E-state index contributed by atoms with van der Waals surface area (Å²) in [6.45, 7) is 1.29. The standard InChI is InChI=1S/C23H27ClN2O4/c1-29-20-8-6-16(14-21(20)30-2)7-9-22(27)26-12-10-19(11-13-26)25-23(28)17-4-3-5-18(24)15-17/h3-6,8,14-15,19H,7,9-13H2,1-2H3,(H,25,28). The highest BCUT2D eigenvalue weighted by molar-refractivity contribution is 6.30. The number of rotatable bonds is 7. The van der Waals surface area contributed by atoms with Gasteiger partial charge in [0.05, 0.1) is 14.2 Å². The van der Waals surface area contributed by atoms with Gasteiger partial charge in [-0.05, 0) is 55.2 Å². The summed E-state index contributed by atoms with van der Waals surface area (Å²) in [5.41, 5.74) is 1.58. The predicted octanol–water partition coefficient (Wildman–Crippen LogP) is 3.71. The average molecular weight is 431 g/mol. The van der Waals surface area contributed by atoms with Gasteiger partial charge in [-0.15, -0.1) is 0 Å². The van der Waals surface area contributed by atoms with E-state index in [2.05, 4.69) is 5.32 Å². The first-order chi connectivity index (χ1) is 14.5. The number of carbonyl (C=O) groups excluding carboxylic acids is 2. The summed E-state index contributed by atoms with van der Waals surface area (Å²) in [7, 11) is 3.20. The Labute approximate surface area is 182 Å². The quantitative estimate of drug-likeness (QED) is 0.727. The molecule has 0 radical (unpaired) electrons. The van der Waals surface area contributed by atoms with Crippen LogP contribution in [0, 0.1) is 0 Å². The van der Waals surface area contributed by atoms with Crippen LogP contribution in [0.2, 0.25) is 5.02 Å². The fourth-order valence-electron chi connectivity index (χ4n) is 3.62. The number of ether oxygens (including phenoxy) is 2. The fourth-order valence-corrected chi connectivity index (χ4v) is 3.81. The second-order valence-corrected chi connectivity index (χ2v) is 7.76. The molecule has 1 heterocycles. The van der Waals surface area contributed by atoms with Crippen LogP contribution in [0.1, 0.15) is 35.2 Å². The SMILES string of the molecule is COc1ccc(CCC(=O)N2CCC(NC(=O)c3cccc(Cl)c3)CC2)cc1OC. The molecule has 0 spiro atoms. The van der Waals surface area contributed by atoms with Gasteiger partial charge in [0, 0.05) is 36.1 Å². The van der Waals surface area contributed by atoms with E-state index >= 15 is 0 Å². The monoisotopic (exact) mass is 430 g/mol. The smallest absolute Gasteiger partial charge is 0.251 e. The van der Waals surface area contributed by atoms with Gasteiger partial charge in [-0.25, -0.2) is 0 Å². The second-order valence-electron chi connectivity index (χ2n) is 7.33. The van der Waals surface area contributed by atoms with Crippen molar-refractivity contribution >= 4 is 23.4 Å². The van der Waals surface area contributed by atoms with Gasteiger partial charge in [-0.1, -0.05) is 23.7 Å². The molecule has 2 aromatic rings. The number of hydrogen-bond donors (Lipinski definition) is 1. The summed E-state index contributed by atoms with van der Waals surface area (Å²) < 4.78 is 10.6. The Morgan fingerprint density at radius 2 is 1.80 bits per heavy atom. The summed E-state index contributed by atoms with van der Waals surface area (Å²) in [4.78, 5) is 26.9. The van der Waals surface area contributed by atoms with E-state index in [0.29, 0.717) is 48.0 Å². The molecule has 1 aliphatic rings. The zero-order valence-electron chi connectivity index (χ0n) is 17.3. The predicted molar refractivity (Wildman–Crippen MR) is 116 cm³/mol. The minimum atomic E-state index is -0.129. The molecule has 0 aromatic heterocycles. The van der Waals surface area contributed by atoms with Gasteiger partial charge >= 0.3 is 0 Å². The van der Waals surface area contributed by atoms with E-state index in [1.165, 1.54) is 0 Å². The first-order valence-electron chi connectivity index (χ1n) is 10.0. The van der Waals surface area contributed by atoms with Crippen LogP contribution in [0.3, 0.4) is 0 Å². The van der Waals surface area contributed by atoms with Crippen LogP contribution >= 0.6 is 11.6 Å². The zero-order chi connectivity index (χ0) is 21.5. The number of amides is 2. The van der Waals surface area contributed by atoms with E-state index in [1.54, 1.807) is 38.5 Å². The van der Waals surface area contributed by atoms with Gasteiger partial charge in [-0.3, -0.25) is 9.59 Å². The van der Waals surface area contributed by atoms with Crippen molar-refractivity contribution in [1.82, 2.24) is 10.2 Å². The maximum atomic E-state index is 12.6. The van der Waals surface area contributed by atoms with E-state index in [1.807, 2.05) is 23.1 Å². The third kappa shape index (κ3) is 5.66. The molecule has 0 bridgehead atoms. The van der Waals surface area contributed by atoms with Crippen LogP contribution in [0.4, 0.5) is 0 Å². The van der Waals surface area contributed by atoms with Crippen molar-refractivity contribution in [3.63, 3.8) is 0 Å².